The van der Waals surface area contributed by atoms with Crippen molar-refractivity contribution < 1.29 is 4.79 Å². The molecule has 0 spiro atoms. The second-order valence-electron chi connectivity index (χ2n) is 45.2. The Morgan fingerprint density at radius 2 is 0.397 bits per heavy atom. The number of hydrogen-bond acceptors (Lipinski definition) is 4. The van der Waals surface area contributed by atoms with Gasteiger partial charge in [-0.25, -0.2) is 4.98 Å². The smallest absolute Gasteiger partial charge is 0.252 e. The number of hydrogen-bond donors (Lipinski definition) is 1. The molecular formula is C126H240N4O. The molecule has 131 heavy (non-hydrogen) atoms. The van der Waals surface area contributed by atoms with Gasteiger partial charge in [-0.2, -0.15) is 0 Å². The van der Waals surface area contributed by atoms with Gasteiger partial charge in [0, 0.05) is 38.9 Å². The van der Waals surface area contributed by atoms with Crippen LogP contribution in [0.3, 0.4) is 0 Å². The maximum Gasteiger partial charge on any atom is 0.252 e. The minimum atomic E-state index is -0.375. The molecule has 770 valence electrons. The highest BCUT2D eigenvalue weighted by Gasteiger charge is 2.30. The number of nitrogens with two attached hydrogens (primary N) is 1. The lowest BCUT2D eigenvalue weighted by Crippen LogP contribution is -2.49. The number of primary amides is 1. The SMILES string of the molecule is NC(=O)c1cccnc1N1CCN(CC2CC3C=CC2CCCCCCCCCCCCCCCCCCCCCCCCCCCCCCCCCCCCCCCCCCCCCCCCCCCCCCCCCCCCCCCCCCCCCCCCCCCCCCCCCCCCCCCCCCCCCCCCCCCCCCCCCCCCC3)CC1. The van der Waals surface area contributed by atoms with Crippen molar-refractivity contribution in [2.45, 2.75) is 706 Å². The van der Waals surface area contributed by atoms with Crippen LogP contribution >= 0.6 is 0 Å². The average Bonchev–Trinajstić information content (AvgIpc) is 0.821. The molecule has 1 aromatic heterocycles. The molecule has 0 radical (unpaired) electrons. The zero-order valence-corrected chi connectivity index (χ0v) is 89.8. The number of carbonyl (C=O) groups is 1. The van der Waals surface area contributed by atoms with Crippen molar-refractivity contribution in [3.63, 3.8) is 0 Å². The summed E-state index contributed by atoms with van der Waals surface area (Å²) in [5.74, 6) is 2.61. The fourth-order valence-electron chi connectivity index (χ4n) is 23.5. The lowest BCUT2D eigenvalue weighted by molar-refractivity contribution is 0.1000. The summed E-state index contributed by atoms with van der Waals surface area (Å²) in [6.07, 6.45) is 170. The van der Waals surface area contributed by atoms with E-state index in [-0.39, 0.29) is 5.91 Å². The lowest BCUT2D eigenvalue weighted by atomic mass is 9.75. The first kappa shape index (κ1) is 121. The first-order valence-corrected chi connectivity index (χ1v) is 62.6. The molecule has 3 unspecified atom stereocenters. The van der Waals surface area contributed by atoms with Crippen molar-refractivity contribution in [3.8, 4) is 0 Å². The van der Waals surface area contributed by atoms with Gasteiger partial charge in [0.1, 0.15) is 5.82 Å². The van der Waals surface area contributed by atoms with Crippen molar-refractivity contribution in [1.82, 2.24) is 9.88 Å². The van der Waals surface area contributed by atoms with Crippen molar-refractivity contribution in [3.05, 3.63) is 36.0 Å². The molecule has 5 rings (SSSR count). The monoisotopic (exact) mass is 1830 g/mol. The Bertz CT molecular complexity index is 2350. The van der Waals surface area contributed by atoms with Crippen LogP contribution in [0.25, 0.3) is 0 Å². The Labute approximate surface area is 824 Å². The number of fused-ring (bicyclic) bond motifs is 109. The molecule has 3 aliphatic carbocycles. The van der Waals surface area contributed by atoms with E-state index in [1.165, 1.54) is 713 Å². The number of anilines is 1. The van der Waals surface area contributed by atoms with Crippen LogP contribution in [0.2, 0.25) is 0 Å². The van der Waals surface area contributed by atoms with Crippen LogP contribution in [-0.2, 0) is 0 Å². The maximum absolute atomic E-state index is 12.3. The number of carbonyl (C=O) groups excluding carboxylic acids is 1. The molecule has 1 amide bonds. The van der Waals surface area contributed by atoms with E-state index < -0.39 is 0 Å². The Kier molecular flexibility index (Phi) is 93.7. The summed E-state index contributed by atoms with van der Waals surface area (Å²) < 4.78 is 0. The molecular weight excluding hydrogens is 1590 g/mol. The molecule has 3 atom stereocenters. The maximum atomic E-state index is 12.3. The van der Waals surface area contributed by atoms with Crippen LogP contribution in [0.5, 0.6) is 0 Å². The van der Waals surface area contributed by atoms with Crippen LogP contribution < -0.4 is 10.6 Å². The number of pyridine rings is 1. The third-order valence-corrected chi connectivity index (χ3v) is 32.7. The van der Waals surface area contributed by atoms with Gasteiger partial charge in [-0.15, -0.1) is 0 Å². The lowest BCUT2D eigenvalue weighted by Gasteiger charge is -2.40. The van der Waals surface area contributed by atoms with Crippen LogP contribution in [0.4, 0.5) is 5.82 Å². The number of allylic oxidation sites excluding steroid dienone is 2. The normalized spacial score (nSPS) is 25.1. The fourth-order valence-corrected chi connectivity index (χ4v) is 23.5. The first-order chi connectivity index (χ1) is 65.2. The van der Waals surface area contributed by atoms with Gasteiger partial charge >= 0.3 is 0 Å². The summed E-state index contributed by atoms with van der Waals surface area (Å²) in [6.45, 7) is 5.10. The van der Waals surface area contributed by atoms with Crippen LogP contribution in [0.15, 0.2) is 30.5 Å². The predicted molar refractivity (Wildman–Crippen MR) is 589 cm³/mol. The van der Waals surface area contributed by atoms with E-state index in [1.807, 2.05) is 12.1 Å². The van der Waals surface area contributed by atoms with Gasteiger partial charge in [0.05, 0.1) is 5.56 Å². The van der Waals surface area contributed by atoms with Crippen LogP contribution in [0, 0.1) is 17.8 Å². The predicted octanol–water partition coefficient (Wildman–Crippen LogP) is 43.6. The number of nitrogens with zero attached hydrogens (tertiary/aromatic N) is 3. The fraction of sp³-hybridized carbons (Fsp3) is 0.937. The van der Waals surface area contributed by atoms with Crippen LogP contribution in [0.1, 0.15) is 717 Å². The van der Waals surface area contributed by atoms with Gasteiger partial charge in [-0.05, 0) is 49.1 Å². The molecule has 2 N–H and O–H groups in total. The van der Waals surface area contributed by atoms with E-state index in [9.17, 15) is 4.79 Å². The van der Waals surface area contributed by atoms with Crippen molar-refractivity contribution in [2.24, 2.45) is 23.5 Å². The quantitative estimate of drug-likeness (QED) is 0.305. The molecule has 1 saturated carbocycles. The second kappa shape index (κ2) is 101. The minimum absolute atomic E-state index is 0.375. The minimum Gasteiger partial charge on any atom is -0.365 e. The van der Waals surface area contributed by atoms with Crippen molar-refractivity contribution in [2.75, 3.05) is 37.6 Å². The molecule has 5 heteroatoms. The second-order valence-corrected chi connectivity index (χ2v) is 45.2. The first-order valence-electron chi connectivity index (χ1n) is 62.6. The van der Waals surface area contributed by atoms with E-state index in [2.05, 4.69) is 26.9 Å². The Hall–Kier alpha value is -1.88. The highest BCUT2D eigenvalue weighted by atomic mass is 16.1. The topological polar surface area (TPSA) is 62.5 Å². The van der Waals surface area contributed by atoms with Crippen LogP contribution in [-0.4, -0.2) is 48.5 Å². The van der Waals surface area contributed by atoms with Gasteiger partial charge in [-0.1, -0.05) is 699 Å². The summed E-state index contributed by atoms with van der Waals surface area (Å²) in [6, 6.07) is 3.67. The number of piperazine rings is 1. The van der Waals surface area contributed by atoms with Gasteiger partial charge < -0.3 is 10.6 Å². The van der Waals surface area contributed by atoms with Crippen molar-refractivity contribution in [1.29, 1.82) is 0 Å². The summed E-state index contributed by atoms with van der Waals surface area (Å²) in [5, 5.41) is 0. The third kappa shape index (κ3) is 83.6. The largest absolute Gasteiger partial charge is 0.365 e. The number of amides is 1. The zero-order valence-electron chi connectivity index (χ0n) is 89.8. The van der Waals surface area contributed by atoms with Crippen molar-refractivity contribution >= 4 is 11.7 Å². The molecule has 1 saturated heterocycles. The summed E-state index contributed by atoms with van der Waals surface area (Å²) in [4.78, 5) is 21.9. The molecule has 1 aromatic rings. The average molecular weight is 1830 g/mol. The Morgan fingerprint density at radius 3 is 0.573 bits per heavy atom. The Morgan fingerprint density at radius 1 is 0.229 bits per heavy atom. The molecule has 1 aliphatic heterocycles. The summed E-state index contributed by atoms with van der Waals surface area (Å²) in [7, 11) is 0. The highest BCUT2D eigenvalue weighted by Crippen LogP contribution is 2.37. The molecule has 2 heterocycles. The van der Waals surface area contributed by atoms with Gasteiger partial charge in [0.25, 0.3) is 5.91 Å². The zero-order chi connectivity index (χ0) is 92.2. The Balaban J connectivity index is 0.958. The van der Waals surface area contributed by atoms with E-state index >= 15 is 0 Å². The number of aromatic nitrogens is 1. The molecule has 5 nitrogen and oxygen atoms in total. The van der Waals surface area contributed by atoms with Gasteiger partial charge in [0.15, 0.2) is 0 Å². The highest BCUT2D eigenvalue weighted by molar-refractivity contribution is 5.97. The molecule has 0 aromatic carbocycles. The van der Waals surface area contributed by atoms with Gasteiger partial charge in [-0.3, -0.25) is 9.69 Å². The number of rotatable bonds is 4. The molecule has 4 aliphatic rings. The van der Waals surface area contributed by atoms with E-state index in [4.69, 9.17) is 5.73 Å². The standard InChI is InChI=1S/C126H240N4O/c127-125(131)124-111-108-114-128-126(124)130-117-115-129(116-118-130)120-123-119-121-109-106-104-102-100-98-96-94-92-90-88-86-84-82-80-78-76-74-72-70-68-66-64-62-60-58-56-54-52-50-48-46-44-42-40-38-36-34-32-30-28-26-24-22-20-18-16-14-12-10-8-6-4-2-1-3-5-7-9-11-13-15-17-19-21-23-25-27-29-31-33-35-37-39-41-43-45-47-49-51-53-55-57-59-61-63-65-67-69-71-73-75-77-79-81-83-85-87-89-91-93-95-97-99-101-103-105-107-110-122(123)113-112-121/h108,111-114,121-123H,1-107,109-110,115-120H2,(H2,127,131). The summed E-state index contributed by atoms with van der Waals surface area (Å²) in [5.41, 5.74) is 6.35. The molecule has 2 bridgehead atoms. The third-order valence-electron chi connectivity index (χ3n) is 32.7. The van der Waals surface area contributed by atoms with Gasteiger partial charge in [0.2, 0.25) is 0 Å². The van der Waals surface area contributed by atoms with E-state index in [0.717, 1.165) is 49.8 Å². The van der Waals surface area contributed by atoms with E-state index in [0.29, 0.717) is 5.56 Å². The summed E-state index contributed by atoms with van der Waals surface area (Å²) >= 11 is 0. The molecule has 2 fully saturated rings. The van der Waals surface area contributed by atoms with E-state index in [1.54, 1.807) is 6.20 Å².